The van der Waals surface area contributed by atoms with Gasteiger partial charge in [0.2, 0.25) is 5.91 Å². The number of carbonyl (C=O) groups excluding carboxylic acids is 1. The summed E-state index contributed by atoms with van der Waals surface area (Å²) >= 11 is 11.7. The van der Waals surface area contributed by atoms with Gasteiger partial charge in [-0.1, -0.05) is 29.3 Å². The van der Waals surface area contributed by atoms with E-state index in [9.17, 15) is 4.79 Å². The largest absolute Gasteiger partial charge is 0.383 e. The van der Waals surface area contributed by atoms with E-state index < -0.39 is 0 Å². The fraction of sp³-hybridized carbons (Fsp3) is 0.308. The van der Waals surface area contributed by atoms with E-state index in [2.05, 4.69) is 5.32 Å². The summed E-state index contributed by atoms with van der Waals surface area (Å²) in [7, 11) is 1.59. The molecule has 1 N–H and O–H groups in total. The fourth-order valence-electron chi connectivity index (χ4n) is 1.37. The molecule has 0 saturated heterocycles. The van der Waals surface area contributed by atoms with Crippen molar-refractivity contribution in [1.82, 2.24) is 5.32 Å². The Morgan fingerprint density at radius 1 is 1.44 bits per heavy atom. The van der Waals surface area contributed by atoms with Crippen molar-refractivity contribution in [2.75, 3.05) is 13.7 Å². The van der Waals surface area contributed by atoms with Crippen molar-refractivity contribution in [1.29, 1.82) is 0 Å². The molecule has 0 aliphatic heterocycles. The number of hydrogen-bond acceptors (Lipinski definition) is 2. The molecule has 0 saturated carbocycles. The lowest BCUT2D eigenvalue weighted by molar-refractivity contribution is -0.117. The molecule has 98 valence electrons. The van der Waals surface area contributed by atoms with E-state index in [1.165, 1.54) is 6.08 Å². The Kier molecular flexibility index (Phi) is 6.19. The third kappa shape index (κ3) is 5.08. The predicted molar refractivity (Wildman–Crippen MR) is 75.0 cm³/mol. The molecule has 1 aromatic rings. The number of hydrogen-bond donors (Lipinski definition) is 1. The SMILES string of the molecule is COCC(C)NC(=O)/C=C/c1ccc(Cl)c(Cl)c1. The molecule has 0 fully saturated rings. The van der Waals surface area contributed by atoms with Gasteiger partial charge in [0, 0.05) is 19.2 Å². The summed E-state index contributed by atoms with van der Waals surface area (Å²) in [5.41, 5.74) is 0.818. The highest BCUT2D eigenvalue weighted by atomic mass is 35.5. The van der Waals surface area contributed by atoms with Gasteiger partial charge in [-0.3, -0.25) is 4.79 Å². The van der Waals surface area contributed by atoms with Crippen LogP contribution >= 0.6 is 23.2 Å². The summed E-state index contributed by atoms with van der Waals surface area (Å²) in [5, 5.41) is 3.72. The Morgan fingerprint density at radius 2 is 2.17 bits per heavy atom. The van der Waals surface area contributed by atoms with Crippen LogP contribution in [0.3, 0.4) is 0 Å². The highest BCUT2D eigenvalue weighted by Crippen LogP contribution is 2.22. The van der Waals surface area contributed by atoms with Crippen molar-refractivity contribution in [2.24, 2.45) is 0 Å². The van der Waals surface area contributed by atoms with Crippen LogP contribution in [0.25, 0.3) is 6.08 Å². The second-order valence-electron chi connectivity index (χ2n) is 3.87. The average Bonchev–Trinajstić information content (AvgIpc) is 2.31. The first-order valence-electron chi connectivity index (χ1n) is 5.45. The Hall–Kier alpha value is -1.03. The highest BCUT2D eigenvalue weighted by molar-refractivity contribution is 6.42. The number of nitrogens with one attached hydrogen (secondary N) is 1. The van der Waals surface area contributed by atoms with Gasteiger partial charge in [-0.15, -0.1) is 0 Å². The maximum Gasteiger partial charge on any atom is 0.244 e. The number of halogens is 2. The Labute approximate surface area is 117 Å². The zero-order chi connectivity index (χ0) is 13.5. The standard InChI is InChI=1S/C13H15Cl2NO2/c1-9(8-18-2)16-13(17)6-4-10-3-5-11(14)12(15)7-10/h3-7,9H,8H2,1-2H3,(H,16,17)/b6-4+. The third-order valence-corrected chi connectivity index (χ3v) is 2.92. The molecular formula is C13H15Cl2NO2. The molecule has 0 spiro atoms. The molecule has 1 unspecified atom stereocenters. The summed E-state index contributed by atoms with van der Waals surface area (Å²) in [5.74, 6) is -0.175. The maximum absolute atomic E-state index is 11.5. The molecule has 1 aromatic carbocycles. The number of methoxy groups -OCH3 is 1. The molecule has 5 heteroatoms. The third-order valence-electron chi connectivity index (χ3n) is 2.18. The van der Waals surface area contributed by atoms with E-state index in [0.29, 0.717) is 16.7 Å². The molecule has 1 amide bonds. The maximum atomic E-state index is 11.5. The van der Waals surface area contributed by atoms with Crippen LogP contribution in [0.1, 0.15) is 12.5 Å². The van der Waals surface area contributed by atoms with Gasteiger partial charge in [0.05, 0.1) is 16.7 Å². The Morgan fingerprint density at radius 3 is 2.78 bits per heavy atom. The first kappa shape index (κ1) is 15.0. The highest BCUT2D eigenvalue weighted by Gasteiger charge is 2.03. The molecule has 3 nitrogen and oxygen atoms in total. The van der Waals surface area contributed by atoms with Crippen molar-refractivity contribution < 1.29 is 9.53 Å². The van der Waals surface area contributed by atoms with Gasteiger partial charge in [0.1, 0.15) is 0 Å². The number of rotatable bonds is 5. The fourth-order valence-corrected chi connectivity index (χ4v) is 1.68. The molecule has 0 bridgehead atoms. The van der Waals surface area contributed by atoms with Gasteiger partial charge in [-0.05, 0) is 30.7 Å². The molecular weight excluding hydrogens is 273 g/mol. The first-order chi connectivity index (χ1) is 8.52. The van der Waals surface area contributed by atoms with Crippen LogP contribution in [0.5, 0.6) is 0 Å². The molecule has 0 heterocycles. The van der Waals surface area contributed by atoms with Gasteiger partial charge < -0.3 is 10.1 Å². The van der Waals surface area contributed by atoms with Crippen molar-refractivity contribution >= 4 is 35.2 Å². The van der Waals surface area contributed by atoms with Gasteiger partial charge in [-0.25, -0.2) is 0 Å². The Bertz CT molecular complexity index is 447. The molecule has 0 radical (unpaired) electrons. The topological polar surface area (TPSA) is 38.3 Å². The normalized spacial score (nSPS) is 12.7. The Balaban J connectivity index is 2.58. The van der Waals surface area contributed by atoms with E-state index >= 15 is 0 Å². The van der Waals surface area contributed by atoms with Crippen LogP contribution in [0.15, 0.2) is 24.3 Å². The number of ether oxygens (including phenoxy) is 1. The number of benzene rings is 1. The van der Waals surface area contributed by atoms with Crippen LogP contribution < -0.4 is 5.32 Å². The summed E-state index contributed by atoms with van der Waals surface area (Å²) in [6, 6.07) is 5.15. The minimum Gasteiger partial charge on any atom is -0.383 e. The van der Waals surface area contributed by atoms with Gasteiger partial charge >= 0.3 is 0 Å². The lowest BCUT2D eigenvalue weighted by atomic mass is 10.2. The molecule has 0 aliphatic rings. The van der Waals surface area contributed by atoms with Crippen LogP contribution in [0.4, 0.5) is 0 Å². The van der Waals surface area contributed by atoms with E-state index in [1.807, 2.05) is 6.92 Å². The second-order valence-corrected chi connectivity index (χ2v) is 4.69. The first-order valence-corrected chi connectivity index (χ1v) is 6.21. The summed E-state index contributed by atoms with van der Waals surface area (Å²) in [6.07, 6.45) is 3.13. The molecule has 0 aliphatic carbocycles. The zero-order valence-electron chi connectivity index (χ0n) is 10.2. The smallest absolute Gasteiger partial charge is 0.244 e. The van der Waals surface area contributed by atoms with Crippen LogP contribution in [-0.2, 0) is 9.53 Å². The second kappa shape index (κ2) is 7.41. The zero-order valence-corrected chi connectivity index (χ0v) is 11.8. The monoisotopic (exact) mass is 287 g/mol. The van der Waals surface area contributed by atoms with Crippen molar-refractivity contribution in [3.63, 3.8) is 0 Å². The summed E-state index contributed by atoms with van der Waals surface area (Å²) < 4.78 is 4.93. The van der Waals surface area contributed by atoms with Crippen molar-refractivity contribution in [3.8, 4) is 0 Å². The number of amides is 1. The quantitative estimate of drug-likeness (QED) is 0.845. The van der Waals surface area contributed by atoms with Crippen molar-refractivity contribution in [2.45, 2.75) is 13.0 Å². The summed E-state index contributed by atoms with van der Waals surface area (Å²) in [4.78, 5) is 11.5. The minimum absolute atomic E-state index is 0.0269. The predicted octanol–water partition coefficient (Wildman–Crippen LogP) is 3.16. The lowest BCUT2D eigenvalue weighted by Crippen LogP contribution is -2.34. The lowest BCUT2D eigenvalue weighted by Gasteiger charge is -2.10. The van der Waals surface area contributed by atoms with Crippen molar-refractivity contribution in [3.05, 3.63) is 39.9 Å². The van der Waals surface area contributed by atoms with Gasteiger partial charge in [0.25, 0.3) is 0 Å². The van der Waals surface area contributed by atoms with Gasteiger partial charge in [-0.2, -0.15) is 0 Å². The van der Waals surface area contributed by atoms with E-state index in [0.717, 1.165) is 5.56 Å². The van der Waals surface area contributed by atoms with Crippen LogP contribution in [0, 0.1) is 0 Å². The van der Waals surface area contributed by atoms with Crippen LogP contribution in [-0.4, -0.2) is 25.7 Å². The molecule has 0 aromatic heterocycles. The van der Waals surface area contributed by atoms with E-state index in [4.69, 9.17) is 27.9 Å². The minimum atomic E-state index is -0.175. The number of carbonyl (C=O) groups is 1. The van der Waals surface area contributed by atoms with E-state index in [1.54, 1.807) is 31.4 Å². The van der Waals surface area contributed by atoms with E-state index in [-0.39, 0.29) is 11.9 Å². The molecule has 1 atom stereocenters. The van der Waals surface area contributed by atoms with Crippen LogP contribution in [0.2, 0.25) is 10.0 Å². The molecule has 1 rings (SSSR count). The summed E-state index contributed by atoms with van der Waals surface area (Å²) in [6.45, 7) is 2.35. The molecule has 18 heavy (non-hydrogen) atoms. The average molecular weight is 288 g/mol. The van der Waals surface area contributed by atoms with Gasteiger partial charge in [0.15, 0.2) is 0 Å².